The molecule has 1 atom stereocenters. The van der Waals surface area contributed by atoms with Crippen LogP contribution < -0.4 is 5.32 Å². The number of amides is 2. The van der Waals surface area contributed by atoms with Crippen LogP contribution in [0.4, 0.5) is 5.69 Å². The molecule has 0 spiro atoms. The largest absolute Gasteiger partial charge is 0.324 e. The molecule has 2 aromatic rings. The molecular weight excluding hydrogens is 288 g/mol. The first-order valence-electron chi connectivity index (χ1n) is 7.74. The summed E-state index contributed by atoms with van der Waals surface area (Å²) in [6.07, 6.45) is 0. The number of carbonyl (C=O) groups excluding carboxylic acids is 2. The second kappa shape index (κ2) is 5.88. The summed E-state index contributed by atoms with van der Waals surface area (Å²) in [6, 6.07) is 12.8. The van der Waals surface area contributed by atoms with Gasteiger partial charge in [-0.05, 0) is 55.7 Å². The Morgan fingerprint density at radius 3 is 2.57 bits per heavy atom. The van der Waals surface area contributed by atoms with Gasteiger partial charge in [-0.3, -0.25) is 9.59 Å². The van der Waals surface area contributed by atoms with Crippen LogP contribution in [-0.2, 0) is 11.3 Å². The molecule has 2 aromatic carbocycles. The Morgan fingerprint density at radius 1 is 1.13 bits per heavy atom. The highest BCUT2D eigenvalue weighted by molar-refractivity contribution is 6.03. The Hall–Kier alpha value is -2.62. The predicted molar refractivity (Wildman–Crippen MR) is 90.3 cm³/mol. The minimum atomic E-state index is -0.517. The quantitative estimate of drug-likeness (QED) is 0.946. The van der Waals surface area contributed by atoms with Crippen LogP contribution in [0.3, 0.4) is 0 Å². The smallest absolute Gasteiger partial charge is 0.255 e. The number of carbonyl (C=O) groups is 2. The summed E-state index contributed by atoms with van der Waals surface area (Å²) in [5.41, 5.74) is 4.73. The first-order chi connectivity index (χ1) is 11.0. The molecule has 4 nitrogen and oxygen atoms in total. The van der Waals surface area contributed by atoms with E-state index in [1.54, 1.807) is 11.8 Å². The molecule has 0 fully saturated rings. The van der Waals surface area contributed by atoms with Crippen LogP contribution in [-0.4, -0.2) is 22.8 Å². The lowest BCUT2D eigenvalue weighted by molar-refractivity contribution is -0.120. The second-order valence-electron chi connectivity index (χ2n) is 6.05. The van der Waals surface area contributed by atoms with Gasteiger partial charge in [0.05, 0.1) is 0 Å². The number of fused-ring (bicyclic) bond motifs is 1. The summed E-state index contributed by atoms with van der Waals surface area (Å²) in [5.74, 6) is -0.252. The van der Waals surface area contributed by atoms with Crippen LogP contribution in [0.1, 0.15) is 34.0 Å². The summed E-state index contributed by atoms with van der Waals surface area (Å²) in [5, 5.41) is 2.90. The van der Waals surface area contributed by atoms with E-state index in [4.69, 9.17) is 0 Å². The summed E-state index contributed by atoms with van der Waals surface area (Å²) in [4.78, 5) is 26.5. The second-order valence-corrected chi connectivity index (χ2v) is 6.05. The van der Waals surface area contributed by atoms with Crippen molar-refractivity contribution in [2.75, 3.05) is 5.32 Å². The monoisotopic (exact) mass is 308 g/mol. The maximum Gasteiger partial charge on any atom is 0.255 e. The lowest BCUT2D eigenvalue weighted by atomic mass is 10.1. The fourth-order valence-corrected chi connectivity index (χ4v) is 2.80. The SMILES string of the molecule is Cc1ccc(NC(=O)[C@H](C)N2Cc3ccccc3C2=O)cc1C. The zero-order valence-electron chi connectivity index (χ0n) is 13.6. The number of benzene rings is 2. The Morgan fingerprint density at radius 2 is 1.87 bits per heavy atom. The average Bonchev–Trinajstić information content (AvgIpc) is 2.87. The Labute approximate surface area is 136 Å². The van der Waals surface area contributed by atoms with E-state index in [1.165, 1.54) is 5.56 Å². The van der Waals surface area contributed by atoms with Crippen molar-refractivity contribution in [3.8, 4) is 0 Å². The molecule has 0 saturated heterocycles. The lowest BCUT2D eigenvalue weighted by Gasteiger charge is -2.23. The Bertz CT molecular complexity index is 783. The number of aryl methyl sites for hydroxylation is 2. The molecule has 1 aliphatic heterocycles. The Kier molecular flexibility index (Phi) is 3.90. The molecule has 0 radical (unpaired) electrons. The van der Waals surface area contributed by atoms with Crippen molar-refractivity contribution in [3.63, 3.8) is 0 Å². The van der Waals surface area contributed by atoms with E-state index in [0.717, 1.165) is 16.8 Å². The van der Waals surface area contributed by atoms with E-state index < -0.39 is 6.04 Å². The molecule has 3 rings (SSSR count). The van der Waals surface area contributed by atoms with Crippen molar-refractivity contribution >= 4 is 17.5 Å². The van der Waals surface area contributed by atoms with E-state index in [9.17, 15) is 9.59 Å². The molecule has 1 aliphatic rings. The fraction of sp³-hybridized carbons (Fsp3) is 0.263. The van der Waals surface area contributed by atoms with Crippen LogP contribution >= 0.6 is 0 Å². The predicted octanol–water partition coefficient (Wildman–Crippen LogP) is 3.29. The summed E-state index contributed by atoms with van der Waals surface area (Å²) >= 11 is 0. The van der Waals surface area contributed by atoms with Crippen molar-refractivity contribution in [2.45, 2.75) is 33.4 Å². The highest BCUT2D eigenvalue weighted by Crippen LogP contribution is 2.25. The standard InChI is InChI=1S/C19H20N2O2/c1-12-8-9-16(10-13(12)2)20-18(22)14(3)21-11-15-6-4-5-7-17(15)19(21)23/h4-10,14H,11H2,1-3H3,(H,20,22)/t14-/m0/s1. The number of nitrogens with one attached hydrogen (secondary N) is 1. The van der Waals surface area contributed by atoms with Crippen LogP contribution in [0, 0.1) is 13.8 Å². The molecule has 23 heavy (non-hydrogen) atoms. The van der Waals surface area contributed by atoms with Gasteiger partial charge in [-0.1, -0.05) is 24.3 Å². The van der Waals surface area contributed by atoms with E-state index >= 15 is 0 Å². The van der Waals surface area contributed by atoms with Gasteiger partial charge in [0, 0.05) is 17.8 Å². The minimum absolute atomic E-state index is 0.0802. The van der Waals surface area contributed by atoms with Gasteiger partial charge in [-0.15, -0.1) is 0 Å². The van der Waals surface area contributed by atoms with E-state index in [1.807, 2.05) is 56.3 Å². The summed E-state index contributed by atoms with van der Waals surface area (Å²) in [7, 11) is 0. The molecule has 0 saturated carbocycles. The third kappa shape index (κ3) is 2.84. The number of anilines is 1. The lowest BCUT2D eigenvalue weighted by Crippen LogP contribution is -2.42. The van der Waals surface area contributed by atoms with Crippen molar-refractivity contribution < 1.29 is 9.59 Å². The van der Waals surface area contributed by atoms with E-state index in [-0.39, 0.29) is 11.8 Å². The molecule has 0 bridgehead atoms. The third-order valence-corrected chi connectivity index (χ3v) is 4.47. The van der Waals surface area contributed by atoms with Crippen LogP contribution in [0.5, 0.6) is 0 Å². The van der Waals surface area contributed by atoms with E-state index in [0.29, 0.717) is 12.1 Å². The first-order valence-corrected chi connectivity index (χ1v) is 7.74. The van der Waals surface area contributed by atoms with E-state index in [2.05, 4.69) is 5.32 Å². The van der Waals surface area contributed by atoms with Crippen LogP contribution in [0.25, 0.3) is 0 Å². The van der Waals surface area contributed by atoms with Crippen LogP contribution in [0.2, 0.25) is 0 Å². The van der Waals surface area contributed by atoms with Gasteiger partial charge < -0.3 is 10.2 Å². The summed E-state index contributed by atoms with van der Waals surface area (Å²) in [6.45, 7) is 6.29. The van der Waals surface area contributed by atoms with Crippen molar-refractivity contribution in [3.05, 3.63) is 64.7 Å². The van der Waals surface area contributed by atoms with Gasteiger partial charge in [-0.2, -0.15) is 0 Å². The van der Waals surface area contributed by atoms with Crippen molar-refractivity contribution in [2.24, 2.45) is 0 Å². The van der Waals surface area contributed by atoms with Crippen molar-refractivity contribution in [1.29, 1.82) is 0 Å². The van der Waals surface area contributed by atoms with Gasteiger partial charge >= 0.3 is 0 Å². The van der Waals surface area contributed by atoms with Gasteiger partial charge in [0.1, 0.15) is 6.04 Å². The van der Waals surface area contributed by atoms with Gasteiger partial charge in [-0.25, -0.2) is 0 Å². The molecule has 1 N–H and O–H groups in total. The normalized spacial score (nSPS) is 14.6. The van der Waals surface area contributed by atoms with Gasteiger partial charge in [0.25, 0.3) is 5.91 Å². The molecule has 1 heterocycles. The van der Waals surface area contributed by atoms with Crippen LogP contribution in [0.15, 0.2) is 42.5 Å². The number of rotatable bonds is 3. The first kappa shape index (κ1) is 15.3. The Balaban J connectivity index is 1.73. The molecule has 2 amide bonds. The average molecular weight is 308 g/mol. The highest BCUT2D eigenvalue weighted by atomic mass is 16.2. The zero-order valence-corrected chi connectivity index (χ0v) is 13.6. The minimum Gasteiger partial charge on any atom is -0.324 e. The summed E-state index contributed by atoms with van der Waals surface area (Å²) < 4.78 is 0. The number of hydrogen-bond donors (Lipinski definition) is 1. The topological polar surface area (TPSA) is 49.4 Å². The number of hydrogen-bond acceptors (Lipinski definition) is 2. The van der Waals surface area contributed by atoms with Gasteiger partial charge in [0.2, 0.25) is 5.91 Å². The third-order valence-electron chi connectivity index (χ3n) is 4.47. The highest BCUT2D eigenvalue weighted by Gasteiger charge is 2.33. The molecule has 118 valence electrons. The molecule has 4 heteroatoms. The fourth-order valence-electron chi connectivity index (χ4n) is 2.80. The van der Waals surface area contributed by atoms with Crippen molar-refractivity contribution in [1.82, 2.24) is 4.90 Å². The van der Waals surface area contributed by atoms with Gasteiger partial charge in [0.15, 0.2) is 0 Å². The molecule has 0 aliphatic carbocycles. The maximum atomic E-state index is 12.5. The molecule has 0 unspecified atom stereocenters. The zero-order chi connectivity index (χ0) is 16.6. The number of nitrogens with zero attached hydrogens (tertiary/aromatic N) is 1. The molecule has 0 aromatic heterocycles. The molecular formula is C19H20N2O2. The maximum absolute atomic E-state index is 12.5.